The molecule has 0 unspecified atom stereocenters. The average molecular weight is 268 g/mol. The molecule has 0 bridgehead atoms. The van der Waals surface area contributed by atoms with Gasteiger partial charge in [0.05, 0.1) is 11.5 Å². The number of rotatable bonds is 6. The van der Waals surface area contributed by atoms with Gasteiger partial charge in [0, 0.05) is 18.7 Å². The molecule has 1 aliphatic heterocycles. The van der Waals surface area contributed by atoms with Crippen molar-refractivity contribution in [3.05, 3.63) is 34.1 Å². The molecule has 104 valence electrons. The number of benzene rings is 1. The van der Waals surface area contributed by atoms with Crippen LogP contribution in [0.5, 0.6) is 5.75 Å². The third-order valence-corrected chi connectivity index (χ3v) is 3.19. The fourth-order valence-electron chi connectivity index (χ4n) is 2.23. The van der Waals surface area contributed by atoms with Gasteiger partial charge >= 0.3 is 5.69 Å². The molecule has 1 aliphatic rings. The summed E-state index contributed by atoms with van der Waals surface area (Å²) in [6.07, 6.45) is 3.25. The van der Waals surface area contributed by atoms with E-state index in [-0.39, 0.29) is 11.4 Å². The van der Waals surface area contributed by atoms with Gasteiger partial charge in [-0.1, -0.05) is 0 Å². The third-order valence-electron chi connectivity index (χ3n) is 3.19. The number of likely N-dealkylation sites (tertiary alicyclic amines) is 1. The van der Waals surface area contributed by atoms with Gasteiger partial charge in [0.1, 0.15) is 5.82 Å². The second-order valence-corrected chi connectivity index (χ2v) is 4.62. The van der Waals surface area contributed by atoms with Crippen LogP contribution < -0.4 is 4.74 Å². The summed E-state index contributed by atoms with van der Waals surface area (Å²) in [5.74, 6) is -0.522. The highest BCUT2D eigenvalue weighted by molar-refractivity contribution is 5.46. The molecule has 1 fully saturated rings. The quantitative estimate of drug-likeness (QED) is 0.452. The molecule has 0 saturated carbocycles. The van der Waals surface area contributed by atoms with Crippen molar-refractivity contribution in [2.75, 3.05) is 26.2 Å². The molecule has 6 heteroatoms. The maximum atomic E-state index is 13.1. The molecule has 5 nitrogen and oxygen atoms in total. The molecule has 2 rings (SSSR count). The van der Waals surface area contributed by atoms with Crippen molar-refractivity contribution in [2.24, 2.45) is 0 Å². The Labute approximate surface area is 111 Å². The van der Waals surface area contributed by atoms with Gasteiger partial charge in [0.25, 0.3) is 0 Å². The Bertz CT molecular complexity index is 448. The zero-order valence-corrected chi connectivity index (χ0v) is 10.7. The number of nitrogens with zero attached hydrogens (tertiary/aromatic N) is 2. The van der Waals surface area contributed by atoms with Crippen molar-refractivity contribution in [2.45, 2.75) is 19.3 Å². The second kappa shape index (κ2) is 6.47. The molecule has 1 aromatic rings. The molecule has 1 heterocycles. The Morgan fingerprint density at radius 3 is 2.79 bits per heavy atom. The number of nitro groups is 1. The van der Waals surface area contributed by atoms with Gasteiger partial charge in [-0.25, -0.2) is 4.39 Å². The van der Waals surface area contributed by atoms with E-state index in [2.05, 4.69) is 4.90 Å². The summed E-state index contributed by atoms with van der Waals surface area (Å²) in [5.41, 5.74) is -0.192. The first-order chi connectivity index (χ1) is 9.16. The summed E-state index contributed by atoms with van der Waals surface area (Å²) >= 11 is 0. The van der Waals surface area contributed by atoms with Crippen LogP contribution in [0, 0.1) is 15.9 Å². The van der Waals surface area contributed by atoms with Gasteiger partial charge in [-0.3, -0.25) is 10.1 Å². The highest BCUT2D eigenvalue weighted by atomic mass is 19.1. The molecular formula is C13H17FN2O3. The molecule has 0 spiro atoms. The predicted octanol–water partition coefficient (Wildman–Crippen LogP) is 2.60. The molecule has 19 heavy (non-hydrogen) atoms. The van der Waals surface area contributed by atoms with E-state index in [0.29, 0.717) is 6.61 Å². The van der Waals surface area contributed by atoms with E-state index < -0.39 is 10.7 Å². The van der Waals surface area contributed by atoms with Crippen LogP contribution in [-0.2, 0) is 0 Å². The number of hydrogen-bond acceptors (Lipinski definition) is 4. The van der Waals surface area contributed by atoms with Gasteiger partial charge in [0.15, 0.2) is 5.75 Å². The van der Waals surface area contributed by atoms with Gasteiger partial charge in [-0.05, 0) is 38.4 Å². The fourth-order valence-corrected chi connectivity index (χ4v) is 2.23. The first kappa shape index (κ1) is 13.7. The van der Waals surface area contributed by atoms with E-state index in [4.69, 9.17) is 4.74 Å². The van der Waals surface area contributed by atoms with Crippen LogP contribution in [0.25, 0.3) is 0 Å². The van der Waals surface area contributed by atoms with Crippen molar-refractivity contribution in [1.82, 2.24) is 4.90 Å². The molecule has 0 atom stereocenters. The first-order valence-corrected chi connectivity index (χ1v) is 6.46. The maximum Gasteiger partial charge on any atom is 0.311 e. The fraction of sp³-hybridized carbons (Fsp3) is 0.538. The zero-order chi connectivity index (χ0) is 13.7. The zero-order valence-electron chi connectivity index (χ0n) is 10.7. The van der Waals surface area contributed by atoms with E-state index >= 15 is 0 Å². The smallest absolute Gasteiger partial charge is 0.311 e. The third kappa shape index (κ3) is 3.89. The number of hydrogen-bond donors (Lipinski definition) is 0. The minimum absolute atomic E-state index is 0.00595. The highest BCUT2D eigenvalue weighted by Gasteiger charge is 2.16. The van der Waals surface area contributed by atoms with Crippen molar-refractivity contribution < 1.29 is 14.1 Å². The van der Waals surface area contributed by atoms with Crippen LogP contribution in [0.4, 0.5) is 10.1 Å². The van der Waals surface area contributed by atoms with Gasteiger partial charge in [-0.15, -0.1) is 0 Å². The lowest BCUT2D eigenvalue weighted by Gasteiger charge is -2.14. The maximum absolute atomic E-state index is 13.1. The number of ether oxygens (including phenoxy) is 1. The summed E-state index contributed by atoms with van der Waals surface area (Å²) in [5, 5.41) is 10.8. The summed E-state index contributed by atoms with van der Waals surface area (Å²) in [4.78, 5) is 12.5. The lowest BCUT2D eigenvalue weighted by molar-refractivity contribution is -0.385. The minimum atomic E-state index is -0.560. The van der Waals surface area contributed by atoms with Crippen LogP contribution in [0.2, 0.25) is 0 Å². The number of nitro benzene ring substituents is 1. The molecule has 0 N–H and O–H groups in total. The van der Waals surface area contributed by atoms with E-state index in [1.807, 2.05) is 0 Å². The summed E-state index contributed by atoms with van der Waals surface area (Å²) in [6, 6.07) is 3.26. The average Bonchev–Trinajstić information content (AvgIpc) is 2.87. The Kier molecular flexibility index (Phi) is 4.68. The van der Waals surface area contributed by atoms with E-state index in [9.17, 15) is 14.5 Å². The topological polar surface area (TPSA) is 55.6 Å². The van der Waals surface area contributed by atoms with Crippen LogP contribution >= 0.6 is 0 Å². The highest BCUT2D eigenvalue weighted by Crippen LogP contribution is 2.27. The lowest BCUT2D eigenvalue weighted by Crippen LogP contribution is -2.22. The van der Waals surface area contributed by atoms with Crippen molar-refractivity contribution in [3.8, 4) is 5.75 Å². The Balaban J connectivity index is 1.84. The van der Waals surface area contributed by atoms with Crippen molar-refractivity contribution in [3.63, 3.8) is 0 Å². The molecular weight excluding hydrogens is 251 g/mol. The van der Waals surface area contributed by atoms with Crippen molar-refractivity contribution in [1.29, 1.82) is 0 Å². The lowest BCUT2D eigenvalue weighted by atomic mass is 10.3. The molecule has 0 aromatic heterocycles. The van der Waals surface area contributed by atoms with Gasteiger partial charge < -0.3 is 9.64 Å². The van der Waals surface area contributed by atoms with Gasteiger partial charge in [0.2, 0.25) is 0 Å². The van der Waals surface area contributed by atoms with E-state index in [1.165, 1.54) is 12.8 Å². The molecule has 0 amide bonds. The summed E-state index contributed by atoms with van der Waals surface area (Å²) in [6.45, 7) is 3.50. The van der Waals surface area contributed by atoms with Crippen LogP contribution in [0.15, 0.2) is 18.2 Å². The van der Waals surface area contributed by atoms with E-state index in [1.54, 1.807) is 0 Å². The molecule has 0 radical (unpaired) electrons. The van der Waals surface area contributed by atoms with Gasteiger partial charge in [-0.2, -0.15) is 0 Å². The van der Waals surface area contributed by atoms with Crippen LogP contribution in [0.1, 0.15) is 19.3 Å². The van der Waals surface area contributed by atoms with Crippen LogP contribution in [0.3, 0.4) is 0 Å². The van der Waals surface area contributed by atoms with E-state index in [0.717, 1.165) is 44.3 Å². The SMILES string of the molecule is O=[N+]([O-])c1ccc(F)cc1OCCCN1CCCC1. The Hall–Kier alpha value is -1.69. The monoisotopic (exact) mass is 268 g/mol. The Morgan fingerprint density at radius 1 is 1.37 bits per heavy atom. The first-order valence-electron chi connectivity index (χ1n) is 6.46. The van der Waals surface area contributed by atoms with Crippen LogP contribution in [-0.4, -0.2) is 36.1 Å². The minimum Gasteiger partial charge on any atom is -0.487 e. The normalized spacial score (nSPS) is 15.6. The molecule has 1 aromatic carbocycles. The van der Waals surface area contributed by atoms with Crippen molar-refractivity contribution >= 4 is 5.69 Å². The predicted molar refractivity (Wildman–Crippen MR) is 68.8 cm³/mol. The molecule has 1 saturated heterocycles. The summed E-state index contributed by atoms with van der Waals surface area (Å²) < 4.78 is 18.4. The standard InChI is InChI=1S/C13H17FN2O3/c14-11-4-5-12(16(17)18)13(10-11)19-9-3-8-15-6-1-2-7-15/h4-5,10H,1-3,6-9H2. The summed E-state index contributed by atoms with van der Waals surface area (Å²) in [7, 11) is 0. The Morgan fingerprint density at radius 2 is 2.11 bits per heavy atom. The number of halogens is 1. The molecule has 0 aliphatic carbocycles. The second-order valence-electron chi connectivity index (χ2n) is 4.62. The largest absolute Gasteiger partial charge is 0.487 e.